The summed E-state index contributed by atoms with van der Waals surface area (Å²) in [7, 11) is 0. The maximum Gasteiger partial charge on any atom is 0.228 e. The average molecular weight is 194 g/mol. The minimum atomic E-state index is 0.435. The van der Waals surface area contributed by atoms with Crippen LogP contribution in [0.15, 0.2) is 15.1 Å². The van der Waals surface area contributed by atoms with Gasteiger partial charge in [-0.1, -0.05) is 10.3 Å². The molecule has 6 nitrogen and oxygen atoms in total. The van der Waals surface area contributed by atoms with Crippen molar-refractivity contribution in [1.29, 1.82) is 0 Å². The van der Waals surface area contributed by atoms with E-state index in [2.05, 4.69) is 15.3 Å². The Balaban J connectivity index is 2.24. The summed E-state index contributed by atoms with van der Waals surface area (Å²) in [6, 6.07) is 1.75. The lowest BCUT2D eigenvalue weighted by molar-refractivity contribution is 0.378. The van der Waals surface area contributed by atoms with Gasteiger partial charge in [0, 0.05) is 19.0 Å². The van der Waals surface area contributed by atoms with Gasteiger partial charge in [-0.25, -0.2) is 0 Å². The highest BCUT2D eigenvalue weighted by Crippen LogP contribution is 2.14. The number of rotatable bonds is 3. The van der Waals surface area contributed by atoms with Crippen molar-refractivity contribution in [3.63, 3.8) is 0 Å². The number of nitrogens with zero attached hydrogens (tertiary/aromatic N) is 3. The second-order valence-corrected chi connectivity index (χ2v) is 2.87. The number of aryl methyl sites for hydroxylation is 1. The Morgan fingerprint density at radius 2 is 2.21 bits per heavy atom. The molecule has 0 bridgehead atoms. The second-order valence-electron chi connectivity index (χ2n) is 2.87. The van der Waals surface area contributed by atoms with Gasteiger partial charge in [-0.05, 0) is 6.92 Å². The highest BCUT2D eigenvalue weighted by atomic mass is 16.5. The first-order chi connectivity index (χ1) is 6.79. The largest absolute Gasteiger partial charge is 0.361 e. The Bertz CT molecular complexity index is 420. The molecule has 6 heteroatoms. The number of nitrogens with two attached hydrogens (primary N) is 1. The zero-order valence-electron chi connectivity index (χ0n) is 7.73. The van der Waals surface area contributed by atoms with E-state index in [1.165, 1.54) is 0 Å². The van der Waals surface area contributed by atoms with E-state index in [1.807, 2.05) is 0 Å². The van der Waals surface area contributed by atoms with Crippen molar-refractivity contribution in [2.75, 3.05) is 6.54 Å². The first-order valence-electron chi connectivity index (χ1n) is 4.26. The molecule has 0 aliphatic rings. The molecule has 0 radical (unpaired) electrons. The van der Waals surface area contributed by atoms with Crippen LogP contribution in [0.2, 0.25) is 0 Å². The van der Waals surface area contributed by atoms with Crippen molar-refractivity contribution in [2.45, 2.75) is 13.3 Å². The first-order valence-corrected chi connectivity index (χ1v) is 4.26. The minimum absolute atomic E-state index is 0.435. The standard InChI is InChI=1S/C8H10N4O2/c1-5-4-6(11-13-5)8-10-7(2-3-9)14-12-8/h4H,2-3,9H2,1H3. The zero-order chi connectivity index (χ0) is 9.97. The molecule has 0 spiro atoms. The van der Waals surface area contributed by atoms with Gasteiger partial charge in [0.2, 0.25) is 11.7 Å². The highest BCUT2D eigenvalue weighted by molar-refractivity contribution is 5.47. The summed E-state index contributed by atoms with van der Waals surface area (Å²) in [6.07, 6.45) is 0.573. The summed E-state index contributed by atoms with van der Waals surface area (Å²) in [6.45, 7) is 2.29. The Labute approximate surface area is 80.1 Å². The van der Waals surface area contributed by atoms with Crippen LogP contribution >= 0.6 is 0 Å². The molecule has 0 atom stereocenters. The van der Waals surface area contributed by atoms with Gasteiger partial charge >= 0.3 is 0 Å². The fraction of sp³-hybridized carbons (Fsp3) is 0.375. The van der Waals surface area contributed by atoms with Gasteiger partial charge in [-0.15, -0.1) is 0 Å². The van der Waals surface area contributed by atoms with Gasteiger partial charge in [0.25, 0.3) is 0 Å². The van der Waals surface area contributed by atoms with Gasteiger partial charge in [0.05, 0.1) is 0 Å². The van der Waals surface area contributed by atoms with Crippen LogP contribution in [0.5, 0.6) is 0 Å². The fourth-order valence-corrected chi connectivity index (χ4v) is 1.06. The summed E-state index contributed by atoms with van der Waals surface area (Å²) in [5.41, 5.74) is 5.93. The predicted molar refractivity (Wildman–Crippen MR) is 47.3 cm³/mol. The summed E-state index contributed by atoms with van der Waals surface area (Å²) < 4.78 is 9.84. The molecular formula is C8H10N4O2. The molecule has 0 unspecified atom stereocenters. The quantitative estimate of drug-likeness (QED) is 0.766. The zero-order valence-corrected chi connectivity index (χ0v) is 7.73. The number of hydrogen-bond acceptors (Lipinski definition) is 6. The van der Waals surface area contributed by atoms with Gasteiger partial charge in [0.15, 0.2) is 5.69 Å². The molecule has 0 aliphatic heterocycles. The Morgan fingerprint density at radius 3 is 2.86 bits per heavy atom. The van der Waals surface area contributed by atoms with Crippen LogP contribution in [-0.2, 0) is 6.42 Å². The van der Waals surface area contributed by atoms with E-state index in [-0.39, 0.29) is 0 Å². The van der Waals surface area contributed by atoms with Crippen molar-refractivity contribution < 1.29 is 9.05 Å². The summed E-state index contributed by atoms with van der Waals surface area (Å²) in [4.78, 5) is 4.10. The van der Waals surface area contributed by atoms with Crippen molar-refractivity contribution in [2.24, 2.45) is 5.73 Å². The van der Waals surface area contributed by atoms with Crippen LogP contribution in [0.3, 0.4) is 0 Å². The lowest BCUT2D eigenvalue weighted by Crippen LogP contribution is -2.02. The SMILES string of the molecule is Cc1cc(-c2noc(CCN)n2)no1. The smallest absolute Gasteiger partial charge is 0.228 e. The van der Waals surface area contributed by atoms with Crippen LogP contribution in [-0.4, -0.2) is 21.8 Å². The van der Waals surface area contributed by atoms with Crippen molar-refractivity contribution in [3.8, 4) is 11.5 Å². The molecule has 0 fully saturated rings. The molecule has 74 valence electrons. The maximum atomic E-state index is 5.35. The van der Waals surface area contributed by atoms with Crippen molar-refractivity contribution in [1.82, 2.24) is 15.3 Å². The molecule has 0 aromatic carbocycles. The third kappa shape index (κ3) is 1.64. The Hall–Kier alpha value is -1.69. The summed E-state index contributed by atoms with van der Waals surface area (Å²) in [5.74, 6) is 1.67. The van der Waals surface area contributed by atoms with E-state index in [4.69, 9.17) is 14.8 Å². The minimum Gasteiger partial charge on any atom is -0.361 e. The molecule has 0 saturated heterocycles. The molecule has 14 heavy (non-hydrogen) atoms. The molecule has 0 saturated carbocycles. The van der Waals surface area contributed by atoms with Gasteiger partial charge in [0.1, 0.15) is 5.76 Å². The number of hydrogen-bond donors (Lipinski definition) is 1. The molecule has 2 N–H and O–H groups in total. The van der Waals surface area contributed by atoms with E-state index in [0.29, 0.717) is 36.1 Å². The lowest BCUT2D eigenvalue weighted by Gasteiger charge is -1.83. The summed E-state index contributed by atoms with van der Waals surface area (Å²) in [5, 5.41) is 7.52. The average Bonchev–Trinajstić information content (AvgIpc) is 2.74. The van der Waals surface area contributed by atoms with Gasteiger partial charge in [-0.3, -0.25) is 0 Å². The molecule has 2 aromatic rings. The molecular weight excluding hydrogens is 184 g/mol. The van der Waals surface area contributed by atoms with Crippen LogP contribution in [0, 0.1) is 6.92 Å². The van der Waals surface area contributed by atoms with E-state index in [1.54, 1.807) is 13.0 Å². The van der Waals surface area contributed by atoms with Crippen LogP contribution in [0.1, 0.15) is 11.7 Å². The summed E-state index contributed by atoms with van der Waals surface area (Å²) >= 11 is 0. The topological polar surface area (TPSA) is 91.0 Å². The van der Waals surface area contributed by atoms with Crippen LogP contribution in [0.25, 0.3) is 11.5 Å². The third-order valence-corrected chi connectivity index (χ3v) is 1.68. The third-order valence-electron chi connectivity index (χ3n) is 1.68. The first kappa shape index (κ1) is 8.89. The molecule has 2 aromatic heterocycles. The fourth-order valence-electron chi connectivity index (χ4n) is 1.06. The molecule has 0 aliphatic carbocycles. The van der Waals surface area contributed by atoms with E-state index >= 15 is 0 Å². The van der Waals surface area contributed by atoms with Crippen LogP contribution in [0.4, 0.5) is 0 Å². The van der Waals surface area contributed by atoms with Crippen molar-refractivity contribution >= 4 is 0 Å². The lowest BCUT2D eigenvalue weighted by atomic mass is 10.3. The van der Waals surface area contributed by atoms with Crippen LogP contribution < -0.4 is 5.73 Å². The monoisotopic (exact) mass is 194 g/mol. The second kappa shape index (κ2) is 3.59. The molecule has 0 amide bonds. The van der Waals surface area contributed by atoms with Gasteiger partial charge < -0.3 is 14.8 Å². The van der Waals surface area contributed by atoms with Gasteiger partial charge in [-0.2, -0.15) is 4.98 Å². The Morgan fingerprint density at radius 1 is 1.36 bits per heavy atom. The van der Waals surface area contributed by atoms with E-state index < -0.39 is 0 Å². The predicted octanol–water partition coefficient (Wildman–Crippen LogP) is 0.534. The van der Waals surface area contributed by atoms with E-state index in [9.17, 15) is 0 Å². The van der Waals surface area contributed by atoms with E-state index in [0.717, 1.165) is 0 Å². The Kier molecular flexibility index (Phi) is 2.28. The normalized spacial score (nSPS) is 10.7. The van der Waals surface area contributed by atoms with Crippen molar-refractivity contribution in [3.05, 3.63) is 17.7 Å². The molecule has 2 rings (SSSR count). The highest BCUT2D eigenvalue weighted by Gasteiger charge is 2.11. The maximum absolute atomic E-state index is 5.35. The number of aromatic nitrogens is 3. The molecule has 2 heterocycles.